The molecular weight excluding hydrogens is 220 g/mol. The number of nitriles is 1. The third-order valence-corrected chi connectivity index (χ3v) is 4.00. The molecule has 4 nitrogen and oxygen atoms in total. The fraction of sp³-hybridized carbons (Fsp3) is 0.273. The maximum Gasteiger partial charge on any atom is 0.105 e. The highest BCUT2D eigenvalue weighted by Crippen LogP contribution is 2.43. The average molecular weight is 230 g/mol. The van der Waals surface area contributed by atoms with Crippen molar-refractivity contribution in [3.63, 3.8) is 0 Å². The highest BCUT2D eigenvalue weighted by atomic mass is 32.1. The monoisotopic (exact) mass is 230 g/mol. The lowest BCUT2D eigenvalue weighted by molar-refractivity contribution is 0.737. The summed E-state index contributed by atoms with van der Waals surface area (Å²) in [6, 6.07) is 2.20. The SMILES string of the molecule is Cn1cc2c(n1)CCc1c-2sc(N)c1C#N. The molecule has 0 saturated carbocycles. The van der Waals surface area contributed by atoms with Crippen LogP contribution in [0.3, 0.4) is 0 Å². The van der Waals surface area contributed by atoms with Gasteiger partial charge in [0.1, 0.15) is 11.1 Å². The van der Waals surface area contributed by atoms with Gasteiger partial charge in [-0.05, 0) is 18.4 Å². The minimum atomic E-state index is 0.629. The van der Waals surface area contributed by atoms with Crippen LogP contribution < -0.4 is 5.73 Å². The summed E-state index contributed by atoms with van der Waals surface area (Å²) in [6.45, 7) is 0. The third-order valence-electron chi connectivity index (χ3n) is 2.91. The molecule has 0 aromatic carbocycles. The molecular formula is C11H10N4S. The van der Waals surface area contributed by atoms with Crippen LogP contribution >= 0.6 is 11.3 Å². The number of aromatic nitrogens is 2. The van der Waals surface area contributed by atoms with Crippen LogP contribution in [0.15, 0.2) is 6.20 Å². The van der Waals surface area contributed by atoms with E-state index >= 15 is 0 Å². The summed E-state index contributed by atoms with van der Waals surface area (Å²) >= 11 is 1.50. The van der Waals surface area contributed by atoms with Gasteiger partial charge in [-0.25, -0.2) is 0 Å². The van der Waals surface area contributed by atoms with Gasteiger partial charge in [0.05, 0.1) is 11.3 Å². The smallest absolute Gasteiger partial charge is 0.105 e. The Bertz CT molecular complexity index is 615. The Morgan fingerprint density at radius 2 is 2.38 bits per heavy atom. The van der Waals surface area contributed by atoms with Crippen molar-refractivity contribution >= 4 is 16.3 Å². The first-order chi connectivity index (χ1) is 7.70. The zero-order valence-electron chi connectivity index (χ0n) is 8.82. The predicted octanol–water partition coefficient (Wildman–Crippen LogP) is 1.70. The Hall–Kier alpha value is -1.80. The zero-order valence-corrected chi connectivity index (χ0v) is 9.64. The van der Waals surface area contributed by atoms with E-state index in [9.17, 15) is 0 Å². The van der Waals surface area contributed by atoms with Crippen LogP contribution in [0.4, 0.5) is 5.00 Å². The molecule has 2 aromatic rings. The normalized spacial score (nSPS) is 13.0. The molecule has 3 rings (SSSR count). The van der Waals surface area contributed by atoms with E-state index < -0.39 is 0 Å². The van der Waals surface area contributed by atoms with Crippen LogP contribution in [-0.4, -0.2) is 9.78 Å². The Morgan fingerprint density at radius 3 is 3.12 bits per heavy atom. The molecule has 0 aliphatic heterocycles. The molecule has 0 radical (unpaired) electrons. The van der Waals surface area contributed by atoms with Crippen LogP contribution in [-0.2, 0) is 19.9 Å². The van der Waals surface area contributed by atoms with Crippen molar-refractivity contribution in [3.8, 4) is 16.5 Å². The van der Waals surface area contributed by atoms with Crippen molar-refractivity contribution in [2.24, 2.45) is 7.05 Å². The van der Waals surface area contributed by atoms with E-state index in [4.69, 9.17) is 11.0 Å². The summed E-state index contributed by atoms with van der Waals surface area (Å²) < 4.78 is 1.82. The van der Waals surface area contributed by atoms with Crippen molar-refractivity contribution in [3.05, 3.63) is 23.0 Å². The molecule has 0 saturated heterocycles. The molecule has 5 heteroatoms. The molecule has 2 N–H and O–H groups in total. The van der Waals surface area contributed by atoms with Gasteiger partial charge in [0.25, 0.3) is 0 Å². The van der Waals surface area contributed by atoms with Gasteiger partial charge in [-0.15, -0.1) is 11.3 Å². The number of thiophene rings is 1. The van der Waals surface area contributed by atoms with E-state index in [2.05, 4.69) is 11.2 Å². The van der Waals surface area contributed by atoms with Gasteiger partial charge in [-0.2, -0.15) is 10.4 Å². The minimum absolute atomic E-state index is 0.629. The van der Waals surface area contributed by atoms with Crippen molar-refractivity contribution < 1.29 is 0 Å². The highest BCUT2D eigenvalue weighted by molar-refractivity contribution is 7.19. The predicted molar refractivity (Wildman–Crippen MR) is 63.1 cm³/mol. The van der Waals surface area contributed by atoms with E-state index in [0.717, 1.165) is 34.5 Å². The highest BCUT2D eigenvalue weighted by Gasteiger charge is 2.25. The first-order valence-electron chi connectivity index (χ1n) is 5.05. The van der Waals surface area contributed by atoms with E-state index in [1.165, 1.54) is 11.3 Å². The zero-order chi connectivity index (χ0) is 11.3. The second kappa shape index (κ2) is 3.09. The Morgan fingerprint density at radius 1 is 1.56 bits per heavy atom. The lowest BCUT2D eigenvalue weighted by Gasteiger charge is -2.09. The Labute approximate surface area is 96.9 Å². The van der Waals surface area contributed by atoms with Gasteiger partial charge in [0.2, 0.25) is 0 Å². The quantitative estimate of drug-likeness (QED) is 0.749. The molecule has 0 unspecified atom stereocenters. The minimum Gasteiger partial charge on any atom is -0.389 e. The molecule has 0 atom stereocenters. The summed E-state index contributed by atoms with van der Waals surface area (Å²) in [5.74, 6) is 0. The van der Waals surface area contributed by atoms with Crippen molar-refractivity contribution in [2.75, 3.05) is 5.73 Å². The second-order valence-electron chi connectivity index (χ2n) is 3.92. The fourth-order valence-electron chi connectivity index (χ4n) is 2.22. The van der Waals surface area contributed by atoms with Gasteiger partial charge in [-0.1, -0.05) is 0 Å². The lowest BCUT2D eigenvalue weighted by atomic mass is 9.94. The molecule has 0 amide bonds. The number of nitrogens with zero attached hydrogens (tertiary/aromatic N) is 3. The van der Waals surface area contributed by atoms with E-state index in [-0.39, 0.29) is 0 Å². The summed E-state index contributed by atoms with van der Waals surface area (Å²) in [5, 5.41) is 14.1. The molecule has 16 heavy (non-hydrogen) atoms. The van der Waals surface area contributed by atoms with Crippen LogP contribution in [0.2, 0.25) is 0 Å². The standard InChI is InChI=1S/C11H10N4S/c1-15-5-8-9(14-15)3-2-6-7(4-12)11(13)16-10(6)8/h5H,2-3,13H2,1H3. The van der Waals surface area contributed by atoms with Crippen molar-refractivity contribution in [1.29, 1.82) is 5.26 Å². The van der Waals surface area contributed by atoms with Gasteiger partial charge in [0.15, 0.2) is 0 Å². The van der Waals surface area contributed by atoms with Crippen LogP contribution in [0.5, 0.6) is 0 Å². The van der Waals surface area contributed by atoms with E-state index in [0.29, 0.717) is 10.6 Å². The fourth-order valence-corrected chi connectivity index (χ4v) is 3.31. The van der Waals surface area contributed by atoms with E-state index in [1.807, 2.05) is 17.9 Å². The number of hydrogen-bond acceptors (Lipinski definition) is 4. The molecule has 0 spiro atoms. The number of nitrogens with two attached hydrogens (primary N) is 1. The van der Waals surface area contributed by atoms with Crippen molar-refractivity contribution in [1.82, 2.24) is 9.78 Å². The molecule has 80 valence electrons. The molecule has 0 fully saturated rings. The molecule has 2 aromatic heterocycles. The lowest BCUT2D eigenvalue weighted by Crippen LogP contribution is -2.02. The van der Waals surface area contributed by atoms with Crippen molar-refractivity contribution in [2.45, 2.75) is 12.8 Å². The topological polar surface area (TPSA) is 67.6 Å². The Kier molecular flexibility index (Phi) is 1.82. The summed E-state index contributed by atoms with van der Waals surface area (Å²) in [6.07, 6.45) is 3.77. The molecule has 1 aliphatic carbocycles. The van der Waals surface area contributed by atoms with Crippen LogP contribution in [0, 0.1) is 11.3 Å². The average Bonchev–Trinajstić information content (AvgIpc) is 2.76. The third kappa shape index (κ3) is 1.11. The molecule has 0 bridgehead atoms. The summed E-state index contributed by atoms with van der Waals surface area (Å²) in [5.41, 5.74) is 9.88. The van der Waals surface area contributed by atoms with E-state index in [1.54, 1.807) is 0 Å². The Balaban J connectivity index is 2.30. The molecule has 1 aliphatic rings. The summed E-state index contributed by atoms with van der Waals surface area (Å²) in [4.78, 5) is 1.13. The number of hydrogen-bond donors (Lipinski definition) is 1. The van der Waals surface area contributed by atoms with Gasteiger partial charge >= 0.3 is 0 Å². The van der Waals surface area contributed by atoms with Crippen LogP contribution in [0.1, 0.15) is 16.8 Å². The maximum absolute atomic E-state index is 9.07. The number of nitrogen functional groups attached to an aromatic ring is 1. The number of aryl methyl sites for hydroxylation is 2. The maximum atomic E-state index is 9.07. The second-order valence-corrected chi connectivity index (χ2v) is 4.98. The largest absolute Gasteiger partial charge is 0.389 e. The number of fused-ring (bicyclic) bond motifs is 3. The first kappa shape index (κ1) is 9.43. The van der Waals surface area contributed by atoms with Crippen LogP contribution in [0.25, 0.3) is 10.4 Å². The summed E-state index contributed by atoms with van der Waals surface area (Å²) in [7, 11) is 1.92. The van der Waals surface area contributed by atoms with Gasteiger partial charge in [-0.3, -0.25) is 4.68 Å². The van der Waals surface area contributed by atoms with Gasteiger partial charge in [0, 0.05) is 23.7 Å². The first-order valence-corrected chi connectivity index (χ1v) is 5.86. The van der Waals surface area contributed by atoms with Gasteiger partial charge < -0.3 is 5.73 Å². The number of anilines is 1. The number of rotatable bonds is 0. The molecule has 2 heterocycles.